The van der Waals surface area contributed by atoms with E-state index >= 15 is 0 Å². The molecule has 2 N–H and O–H groups in total. The number of rotatable bonds is 2. The molecule has 0 saturated heterocycles. The van der Waals surface area contributed by atoms with Crippen molar-refractivity contribution in [2.24, 2.45) is 5.73 Å². The van der Waals surface area contributed by atoms with Crippen molar-refractivity contribution in [3.8, 4) is 0 Å². The van der Waals surface area contributed by atoms with Crippen molar-refractivity contribution in [3.05, 3.63) is 57.2 Å². The van der Waals surface area contributed by atoms with Crippen LogP contribution in [0.25, 0.3) is 0 Å². The lowest BCUT2D eigenvalue weighted by atomic mass is 10.00. The smallest absolute Gasteiger partial charge is 0.169 e. The first kappa shape index (κ1) is 12.3. The van der Waals surface area contributed by atoms with E-state index in [-0.39, 0.29) is 11.9 Å². The van der Waals surface area contributed by atoms with Crippen LogP contribution in [0.3, 0.4) is 0 Å². The third-order valence-corrected chi connectivity index (χ3v) is 3.14. The Morgan fingerprint density at radius 3 is 2.29 bits per heavy atom. The van der Waals surface area contributed by atoms with Crippen LogP contribution in [0, 0.1) is 19.7 Å². The minimum atomic E-state index is -0.376. The van der Waals surface area contributed by atoms with Gasteiger partial charge in [0, 0.05) is 0 Å². The fraction of sp³-hybridized carbons (Fsp3) is 0.231. The highest BCUT2D eigenvalue weighted by atomic mass is 79.9. The van der Waals surface area contributed by atoms with E-state index in [2.05, 4.69) is 15.9 Å². The molecule has 1 atom stereocenters. The quantitative estimate of drug-likeness (QED) is 0.914. The molecule has 0 aliphatic heterocycles. The summed E-state index contributed by atoms with van der Waals surface area (Å²) in [6.07, 6.45) is 0. The Bertz CT molecular complexity index is 527. The van der Waals surface area contributed by atoms with Crippen LogP contribution in [0.1, 0.15) is 28.5 Å². The maximum absolute atomic E-state index is 13.5. The predicted octanol–water partition coefficient (Wildman–Crippen LogP) is 3.85. The Morgan fingerprint density at radius 1 is 1.24 bits per heavy atom. The monoisotopic (exact) mass is 297 g/mol. The minimum absolute atomic E-state index is 0.179. The fourth-order valence-corrected chi connectivity index (χ4v) is 2.14. The van der Waals surface area contributed by atoms with Crippen LogP contribution in [0.4, 0.5) is 4.39 Å². The summed E-state index contributed by atoms with van der Waals surface area (Å²) < 4.78 is 19.6. The molecule has 4 heteroatoms. The molecule has 0 fully saturated rings. The van der Waals surface area contributed by atoms with Crippen LogP contribution >= 0.6 is 15.9 Å². The molecule has 1 aromatic carbocycles. The molecule has 0 aliphatic rings. The van der Waals surface area contributed by atoms with E-state index < -0.39 is 0 Å². The van der Waals surface area contributed by atoms with Crippen molar-refractivity contribution in [1.82, 2.24) is 0 Å². The SMILES string of the molecule is Cc1cc(C(N)c2ccc(Br)o2)cc(C)c1F. The molecule has 0 aliphatic carbocycles. The summed E-state index contributed by atoms with van der Waals surface area (Å²) in [4.78, 5) is 0. The van der Waals surface area contributed by atoms with E-state index in [4.69, 9.17) is 10.2 Å². The van der Waals surface area contributed by atoms with Crippen LogP contribution in [-0.2, 0) is 0 Å². The summed E-state index contributed by atoms with van der Waals surface area (Å²) in [6.45, 7) is 3.47. The zero-order valence-electron chi connectivity index (χ0n) is 9.63. The molecule has 0 saturated carbocycles. The fourth-order valence-electron chi connectivity index (χ4n) is 1.82. The summed E-state index contributed by atoms with van der Waals surface area (Å²) in [5, 5.41) is 0. The van der Waals surface area contributed by atoms with Gasteiger partial charge in [-0.25, -0.2) is 4.39 Å². The van der Waals surface area contributed by atoms with E-state index in [1.165, 1.54) is 0 Å². The highest BCUT2D eigenvalue weighted by Gasteiger charge is 2.15. The Labute approximate surface area is 108 Å². The van der Waals surface area contributed by atoms with Gasteiger partial charge >= 0.3 is 0 Å². The molecular formula is C13H13BrFNO. The molecule has 2 rings (SSSR count). The van der Waals surface area contributed by atoms with Gasteiger partial charge in [0.15, 0.2) is 4.67 Å². The maximum atomic E-state index is 13.5. The van der Waals surface area contributed by atoms with Crippen molar-refractivity contribution < 1.29 is 8.81 Å². The number of aryl methyl sites for hydroxylation is 2. The van der Waals surface area contributed by atoms with Gasteiger partial charge in [0.05, 0.1) is 6.04 Å². The Balaban J connectivity index is 2.41. The first-order chi connectivity index (χ1) is 7.99. The number of benzene rings is 1. The summed E-state index contributed by atoms with van der Waals surface area (Å²) in [7, 11) is 0. The second-order valence-corrected chi connectivity index (χ2v) is 4.87. The van der Waals surface area contributed by atoms with Gasteiger partial charge in [0.25, 0.3) is 0 Å². The van der Waals surface area contributed by atoms with E-state index in [1.54, 1.807) is 32.0 Å². The van der Waals surface area contributed by atoms with Gasteiger partial charge in [0.1, 0.15) is 11.6 Å². The summed E-state index contributed by atoms with van der Waals surface area (Å²) in [5.74, 6) is 0.476. The number of halogens is 2. The molecule has 1 heterocycles. The highest BCUT2D eigenvalue weighted by molar-refractivity contribution is 9.10. The lowest BCUT2D eigenvalue weighted by Gasteiger charge is -2.12. The summed E-state index contributed by atoms with van der Waals surface area (Å²) in [6, 6.07) is 6.73. The number of furan rings is 1. The molecule has 2 nitrogen and oxygen atoms in total. The third kappa shape index (κ3) is 2.42. The van der Waals surface area contributed by atoms with Crippen molar-refractivity contribution in [3.63, 3.8) is 0 Å². The Morgan fingerprint density at radius 2 is 1.82 bits per heavy atom. The topological polar surface area (TPSA) is 39.2 Å². The van der Waals surface area contributed by atoms with E-state index in [0.29, 0.717) is 21.6 Å². The molecule has 0 spiro atoms. The molecule has 17 heavy (non-hydrogen) atoms. The van der Waals surface area contributed by atoms with Crippen molar-refractivity contribution >= 4 is 15.9 Å². The molecule has 2 aromatic rings. The molecule has 0 radical (unpaired) electrons. The second kappa shape index (κ2) is 4.63. The standard InChI is InChI=1S/C13H13BrFNO/c1-7-5-9(6-8(2)12(7)15)13(16)10-3-4-11(14)17-10/h3-6,13H,16H2,1-2H3. The average Bonchev–Trinajstić information content (AvgIpc) is 2.71. The van der Waals surface area contributed by atoms with Gasteiger partial charge in [-0.15, -0.1) is 0 Å². The third-order valence-electron chi connectivity index (χ3n) is 2.72. The molecule has 0 amide bonds. The van der Waals surface area contributed by atoms with E-state index in [0.717, 1.165) is 5.56 Å². The number of hydrogen-bond donors (Lipinski definition) is 1. The number of nitrogens with two attached hydrogens (primary N) is 1. The minimum Gasteiger partial charge on any atom is -0.452 e. The van der Waals surface area contributed by atoms with E-state index in [9.17, 15) is 4.39 Å². The van der Waals surface area contributed by atoms with Crippen molar-refractivity contribution in [1.29, 1.82) is 0 Å². The average molecular weight is 298 g/mol. The first-order valence-electron chi connectivity index (χ1n) is 5.26. The lowest BCUT2D eigenvalue weighted by molar-refractivity contribution is 0.469. The van der Waals surface area contributed by atoms with Gasteiger partial charge in [-0.3, -0.25) is 0 Å². The van der Waals surface area contributed by atoms with Gasteiger partial charge in [-0.1, -0.05) is 12.1 Å². The normalized spacial score (nSPS) is 12.8. The maximum Gasteiger partial charge on any atom is 0.169 e. The Kier molecular flexibility index (Phi) is 3.35. The predicted molar refractivity (Wildman–Crippen MR) is 68.3 cm³/mol. The highest BCUT2D eigenvalue weighted by Crippen LogP contribution is 2.26. The molecule has 0 bridgehead atoms. The van der Waals surface area contributed by atoms with Gasteiger partial charge in [0.2, 0.25) is 0 Å². The first-order valence-corrected chi connectivity index (χ1v) is 6.06. The molecule has 1 aromatic heterocycles. The zero-order valence-corrected chi connectivity index (χ0v) is 11.2. The van der Waals surface area contributed by atoms with Crippen molar-refractivity contribution in [2.75, 3.05) is 0 Å². The van der Waals surface area contributed by atoms with Crippen LogP contribution in [0.15, 0.2) is 33.4 Å². The van der Waals surface area contributed by atoms with Crippen LogP contribution in [0.2, 0.25) is 0 Å². The second-order valence-electron chi connectivity index (χ2n) is 4.09. The zero-order chi connectivity index (χ0) is 12.6. The van der Waals surface area contributed by atoms with Gasteiger partial charge in [-0.2, -0.15) is 0 Å². The Hall–Kier alpha value is -1.13. The van der Waals surface area contributed by atoms with Crippen LogP contribution in [0.5, 0.6) is 0 Å². The van der Waals surface area contributed by atoms with Crippen molar-refractivity contribution in [2.45, 2.75) is 19.9 Å². The van der Waals surface area contributed by atoms with Gasteiger partial charge in [-0.05, 0) is 58.6 Å². The molecule has 90 valence electrons. The summed E-state index contributed by atoms with van der Waals surface area (Å²) >= 11 is 3.23. The van der Waals surface area contributed by atoms with Gasteiger partial charge < -0.3 is 10.2 Å². The van der Waals surface area contributed by atoms with E-state index in [1.807, 2.05) is 6.07 Å². The lowest BCUT2D eigenvalue weighted by Crippen LogP contribution is -2.12. The van der Waals surface area contributed by atoms with Crippen LogP contribution in [-0.4, -0.2) is 0 Å². The largest absolute Gasteiger partial charge is 0.452 e. The number of hydrogen-bond acceptors (Lipinski definition) is 2. The summed E-state index contributed by atoms with van der Waals surface area (Å²) in [5.41, 5.74) is 8.13. The van der Waals surface area contributed by atoms with Crippen LogP contribution < -0.4 is 5.73 Å². The molecular weight excluding hydrogens is 285 g/mol. The molecule has 1 unspecified atom stereocenters.